The molecule has 176 valence electrons. The lowest BCUT2D eigenvalue weighted by atomic mass is 10.0. The number of sulfone groups is 1. The molecule has 0 radical (unpaired) electrons. The Morgan fingerprint density at radius 2 is 2.06 bits per heavy atom. The molecule has 34 heavy (non-hydrogen) atoms. The van der Waals surface area contributed by atoms with Crippen LogP contribution in [0.1, 0.15) is 34.3 Å². The van der Waals surface area contributed by atoms with E-state index in [9.17, 15) is 13.2 Å². The highest BCUT2D eigenvalue weighted by molar-refractivity contribution is 7.91. The summed E-state index contributed by atoms with van der Waals surface area (Å²) in [5.41, 5.74) is 2.92. The van der Waals surface area contributed by atoms with Crippen LogP contribution in [0.3, 0.4) is 0 Å². The zero-order valence-electron chi connectivity index (χ0n) is 18.8. The summed E-state index contributed by atoms with van der Waals surface area (Å²) in [6.07, 6.45) is 2.02. The van der Waals surface area contributed by atoms with Gasteiger partial charge in [0.05, 0.1) is 59.8 Å². The molecule has 1 saturated heterocycles. The van der Waals surface area contributed by atoms with Crippen molar-refractivity contribution in [1.82, 2.24) is 20.1 Å². The fourth-order valence-corrected chi connectivity index (χ4v) is 5.99. The molecular weight excluding hydrogens is 456 g/mol. The summed E-state index contributed by atoms with van der Waals surface area (Å²) >= 11 is 0. The second-order valence-electron chi connectivity index (χ2n) is 8.33. The highest BCUT2D eigenvalue weighted by Crippen LogP contribution is 2.32. The number of nitrogens with zero attached hydrogens (tertiary/aromatic N) is 3. The maximum absolute atomic E-state index is 13.3. The molecule has 1 atom stereocenters. The number of hydrogen-bond acceptors (Lipinski definition) is 7. The van der Waals surface area contributed by atoms with E-state index in [1.807, 2.05) is 24.3 Å². The normalized spacial score (nSPS) is 17.2. The Kier molecular flexibility index (Phi) is 5.60. The Bertz CT molecular complexity index is 1460. The molecule has 0 saturated carbocycles. The average molecular weight is 481 g/mol. The number of furan rings is 1. The minimum atomic E-state index is -3.13. The first-order valence-electron chi connectivity index (χ1n) is 10.9. The first kappa shape index (κ1) is 22.1. The summed E-state index contributed by atoms with van der Waals surface area (Å²) in [5, 5.41) is 8.13. The molecule has 3 aromatic heterocycles. The Hall–Kier alpha value is -3.66. The molecular formula is C24H24N4O5S. The van der Waals surface area contributed by atoms with E-state index in [4.69, 9.17) is 14.1 Å². The third-order valence-corrected chi connectivity index (χ3v) is 7.78. The summed E-state index contributed by atoms with van der Waals surface area (Å²) in [7, 11) is -1.53. The summed E-state index contributed by atoms with van der Waals surface area (Å²) in [4.78, 5) is 18.1. The predicted molar refractivity (Wildman–Crippen MR) is 126 cm³/mol. The van der Waals surface area contributed by atoms with Crippen molar-refractivity contribution in [3.8, 4) is 17.0 Å². The Labute approximate surface area is 196 Å². The minimum Gasteiger partial charge on any atom is -0.497 e. The van der Waals surface area contributed by atoms with Crippen LogP contribution in [-0.2, 0) is 16.4 Å². The molecule has 1 aromatic carbocycles. The first-order valence-corrected chi connectivity index (χ1v) is 12.7. The number of pyridine rings is 1. The maximum Gasteiger partial charge on any atom is 0.252 e. The number of amides is 1. The van der Waals surface area contributed by atoms with Gasteiger partial charge < -0.3 is 14.5 Å². The van der Waals surface area contributed by atoms with Gasteiger partial charge in [0.2, 0.25) is 0 Å². The molecule has 1 fully saturated rings. The lowest BCUT2D eigenvalue weighted by molar-refractivity contribution is 0.0949. The van der Waals surface area contributed by atoms with Crippen molar-refractivity contribution in [2.24, 2.45) is 0 Å². The van der Waals surface area contributed by atoms with E-state index in [0.29, 0.717) is 45.9 Å². The second-order valence-corrected chi connectivity index (χ2v) is 10.6. The number of aryl methyl sites for hydroxylation is 1. The van der Waals surface area contributed by atoms with Crippen molar-refractivity contribution in [2.45, 2.75) is 25.9 Å². The third kappa shape index (κ3) is 4.16. The molecule has 4 heterocycles. The standard InChI is InChI=1S/C24H24N4O5S/c1-15-22-20(24(29)25-13-19-4-3-10-33-19)12-21(16-5-7-18(32-2)8-6-16)26-23(22)28(27-15)17-9-11-34(30,31)14-17/h3-8,10,12,17H,9,11,13-14H2,1-2H3,(H,25,29)/t17-/m0/s1. The fraction of sp³-hybridized carbons (Fsp3) is 0.292. The van der Waals surface area contributed by atoms with Gasteiger partial charge in [-0.1, -0.05) is 0 Å². The molecule has 1 amide bonds. The highest BCUT2D eigenvalue weighted by atomic mass is 32.2. The van der Waals surface area contributed by atoms with Crippen molar-refractivity contribution in [1.29, 1.82) is 0 Å². The lowest BCUT2D eigenvalue weighted by Crippen LogP contribution is -2.23. The van der Waals surface area contributed by atoms with E-state index in [-0.39, 0.29) is 30.0 Å². The molecule has 0 spiro atoms. The topological polar surface area (TPSA) is 116 Å². The van der Waals surface area contributed by atoms with Crippen LogP contribution < -0.4 is 10.1 Å². The van der Waals surface area contributed by atoms with Gasteiger partial charge in [-0.25, -0.2) is 18.1 Å². The van der Waals surface area contributed by atoms with E-state index >= 15 is 0 Å². The van der Waals surface area contributed by atoms with Crippen molar-refractivity contribution < 1.29 is 22.4 Å². The van der Waals surface area contributed by atoms with E-state index in [1.54, 1.807) is 43.2 Å². The largest absolute Gasteiger partial charge is 0.497 e. The van der Waals surface area contributed by atoms with Crippen LogP contribution in [0.5, 0.6) is 5.75 Å². The predicted octanol–water partition coefficient (Wildman–Crippen LogP) is 3.30. The number of ether oxygens (including phenoxy) is 1. The number of hydrogen-bond donors (Lipinski definition) is 1. The third-order valence-electron chi connectivity index (χ3n) is 6.02. The van der Waals surface area contributed by atoms with Crippen LogP contribution >= 0.6 is 0 Å². The van der Waals surface area contributed by atoms with Crippen molar-refractivity contribution in [2.75, 3.05) is 18.6 Å². The lowest BCUT2D eigenvalue weighted by Gasteiger charge is -2.12. The van der Waals surface area contributed by atoms with Gasteiger partial charge >= 0.3 is 0 Å². The molecule has 0 aliphatic carbocycles. The monoisotopic (exact) mass is 480 g/mol. The minimum absolute atomic E-state index is 0.0116. The van der Waals surface area contributed by atoms with Crippen molar-refractivity contribution >= 4 is 26.8 Å². The van der Waals surface area contributed by atoms with Crippen LogP contribution in [0.15, 0.2) is 53.1 Å². The first-order chi connectivity index (χ1) is 16.3. The molecule has 9 nitrogen and oxygen atoms in total. The molecule has 1 N–H and O–H groups in total. The number of carbonyl (C=O) groups excluding carboxylic acids is 1. The van der Waals surface area contributed by atoms with E-state index in [0.717, 1.165) is 5.56 Å². The number of nitrogens with one attached hydrogen (secondary N) is 1. The quantitative estimate of drug-likeness (QED) is 0.450. The summed E-state index contributed by atoms with van der Waals surface area (Å²) in [6.45, 7) is 2.04. The number of rotatable bonds is 6. The smallest absolute Gasteiger partial charge is 0.252 e. The Morgan fingerprint density at radius 1 is 1.26 bits per heavy atom. The number of fused-ring (bicyclic) bond motifs is 1. The van der Waals surface area contributed by atoms with Gasteiger partial charge in [-0.15, -0.1) is 0 Å². The van der Waals surface area contributed by atoms with E-state index in [1.165, 1.54) is 0 Å². The second kappa shape index (κ2) is 8.60. The van der Waals surface area contributed by atoms with Gasteiger partial charge in [0.1, 0.15) is 11.5 Å². The van der Waals surface area contributed by atoms with Gasteiger partial charge in [-0.05, 0) is 55.8 Å². The fourth-order valence-electron chi connectivity index (χ4n) is 4.30. The van der Waals surface area contributed by atoms with Crippen molar-refractivity contribution in [3.63, 3.8) is 0 Å². The molecule has 0 bridgehead atoms. The number of carbonyl (C=O) groups is 1. The van der Waals surface area contributed by atoms with Gasteiger partial charge in [0, 0.05) is 5.56 Å². The van der Waals surface area contributed by atoms with Gasteiger partial charge in [-0.2, -0.15) is 5.10 Å². The average Bonchev–Trinajstić information content (AvgIpc) is 3.56. The van der Waals surface area contributed by atoms with Crippen LogP contribution in [0.25, 0.3) is 22.3 Å². The maximum atomic E-state index is 13.3. The Balaban J connectivity index is 1.63. The van der Waals surface area contributed by atoms with Crippen LogP contribution in [0.4, 0.5) is 0 Å². The molecule has 4 aromatic rings. The van der Waals surface area contributed by atoms with Gasteiger partial charge in [0.25, 0.3) is 5.91 Å². The zero-order valence-corrected chi connectivity index (χ0v) is 19.6. The molecule has 1 aliphatic heterocycles. The Morgan fingerprint density at radius 3 is 2.71 bits per heavy atom. The van der Waals surface area contributed by atoms with E-state index in [2.05, 4.69) is 10.4 Å². The summed E-state index contributed by atoms with van der Waals surface area (Å²) in [5.74, 6) is 1.18. The van der Waals surface area contributed by atoms with Gasteiger partial charge in [0.15, 0.2) is 15.5 Å². The van der Waals surface area contributed by atoms with Crippen LogP contribution in [-0.4, -0.2) is 47.7 Å². The molecule has 5 rings (SSSR count). The summed E-state index contributed by atoms with van der Waals surface area (Å²) < 4.78 is 36.5. The van der Waals surface area contributed by atoms with Crippen LogP contribution in [0, 0.1) is 6.92 Å². The van der Waals surface area contributed by atoms with Gasteiger partial charge in [-0.3, -0.25) is 4.79 Å². The molecule has 10 heteroatoms. The molecule has 0 unspecified atom stereocenters. The highest BCUT2D eigenvalue weighted by Gasteiger charge is 2.32. The van der Waals surface area contributed by atoms with Crippen LogP contribution in [0.2, 0.25) is 0 Å². The number of benzene rings is 1. The van der Waals surface area contributed by atoms with Crippen molar-refractivity contribution in [3.05, 3.63) is 65.7 Å². The summed E-state index contributed by atoms with van der Waals surface area (Å²) in [6, 6.07) is 12.3. The zero-order chi connectivity index (χ0) is 23.9. The molecule has 1 aliphatic rings. The number of methoxy groups -OCH3 is 1. The number of aromatic nitrogens is 3. The SMILES string of the molecule is COc1ccc(-c2cc(C(=O)NCc3ccco3)c3c(C)nn([C@H]4CCS(=O)(=O)C4)c3n2)cc1. The van der Waals surface area contributed by atoms with E-state index < -0.39 is 9.84 Å².